The van der Waals surface area contributed by atoms with Crippen molar-refractivity contribution >= 4 is 17.9 Å². The van der Waals surface area contributed by atoms with Crippen molar-refractivity contribution < 1.29 is 24.1 Å². The zero-order chi connectivity index (χ0) is 30.2. The standard InChI is InChI=1S/C32H35N5O5S/c1-4-16-40-32(39)33-18-23-6-5-7-27(17-23)24-12-14-26(15-13-24)30-41-28(20-43-31-34-35-36-37(31)3)21(2)29(42-30)25-10-8-22(19-38)9-11-25/h4-15,17,21,28-30,38H,1,16,18-20H2,2-3H3,(H,33,39). The van der Waals surface area contributed by atoms with Crippen molar-refractivity contribution in [3.63, 3.8) is 0 Å². The van der Waals surface area contributed by atoms with Crippen LogP contribution in [-0.4, -0.2) is 49.9 Å². The van der Waals surface area contributed by atoms with Crippen molar-refractivity contribution in [2.24, 2.45) is 13.0 Å². The van der Waals surface area contributed by atoms with Crippen LogP contribution in [0.25, 0.3) is 11.1 Å². The fourth-order valence-corrected chi connectivity index (χ4v) is 5.88. The van der Waals surface area contributed by atoms with Crippen LogP contribution >= 0.6 is 11.8 Å². The topological polar surface area (TPSA) is 121 Å². The van der Waals surface area contributed by atoms with Crippen molar-refractivity contribution in [1.29, 1.82) is 0 Å². The van der Waals surface area contributed by atoms with Crippen molar-refractivity contribution in [2.75, 3.05) is 12.4 Å². The highest BCUT2D eigenvalue weighted by Gasteiger charge is 2.38. The number of aromatic nitrogens is 4. The normalized spacial score (nSPS) is 20.0. The molecule has 4 atom stereocenters. The van der Waals surface area contributed by atoms with E-state index in [1.807, 2.05) is 79.8 Å². The van der Waals surface area contributed by atoms with Crippen molar-refractivity contribution in [2.45, 2.75) is 43.7 Å². The Labute approximate surface area is 255 Å². The SMILES string of the molecule is C=CCOC(=O)NCc1cccc(-c2ccc(C3OC(CSc4nnnn4C)C(C)C(c4ccc(CO)cc4)O3)cc2)c1. The molecule has 3 aromatic carbocycles. The third-order valence-electron chi connectivity index (χ3n) is 7.29. The summed E-state index contributed by atoms with van der Waals surface area (Å²) in [5, 5.41) is 24.7. The third kappa shape index (κ3) is 7.68. The van der Waals surface area contributed by atoms with Gasteiger partial charge in [-0.3, -0.25) is 0 Å². The van der Waals surface area contributed by atoms with E-state index in [0.29, 0.717) is 12.3 Å². The molecule has 1 aliphatic heterocycles. The predicted octanol–water partition coefficient (Wildman–Crippen LogP) is 5.37. The third-order valence-corrected chi connectivity index (χ3v) is 8.39. The van der Waals surface area contributed by atoms with Gasteiger partial charge >= 0.3 is 6.09 Å². The fourth-order valence-electron chi connectivity index (χ4n) is 4.86. The van der Waals surface area contributed by atoms with Crippen molar-refractivity contribution in [3.05, 3.63) is 108 Å². The van der Waals surface area contributed by atoms with E-state index < -0.39 is 12.4 Å². The van der Waals surface area contributed by atoms with Crippen molar-refractivity contribution in [1.82, 2.24) is 25.5 Å². The zero-order valence-electron chi connectivity index (χ0n) is 24.1. The summed E-state index contributed by atoms with van der Waals surface area (Å²) >= 11 is 1.55. The highest BCUT2D eigenvalue weighted by Crippen LogP contribution is 2.43. The molecule has 2 heterocycles. The Bertz CT molecular complexity index is 1510. The number of hydrogen-bond donors (Lipinski definition) is 2. The molecular weight excluding hydrogens is 566 g/mol. The molecule has 1 aliphatic rings. The first-order chi connectivity index (χ1) is 20.9. The van der Waals surface area contributed by atoms with Crippen LogP contribution in [0.4, 0.5) is 4.79 Å². The van der Waals surface area contributed by atoms with E-state index in [0.717, 1.165) is 38.5 Å². The smallest absolute Gasteiger partial charge is 0.407 e. The lowest BCUT2D eigenvalue weighted by Gasteiger charge is -2.41. The fraction of sp³-hybridized carbons (Fsp3) is 0.312. The summed E-state index contributed by atoms with van der Waals surface area (Å²) in [6.45, 7) is 6.19. The lowest BCUT2D eigenvalue weighted by molar-refractivity contribution is -0.268. The van der Waals surface area contributed by atoms with Gasteiger partial charge < -0.3 is 24.6 Å². The van der Waals surface area contributed by atoms with Crippen molar-refractivity contribution in [3.8, 4) is 11.1 Å². The van der Waals surface area contributed by atoms with Gasteiger partial charge in [0.2, 0.25) is 5.16 Å². The molecule has 10 nitrogen and oxygen atoms in total. The average Bonchev–Trinajstić information content (AvgIpc) is 3.46. The van der Waals surface area contributed by atoms with Crippen LogP contribution in [-0.2, 0) is 34.4 Å². The van der Waals surface area contributed by atoms with Crippen LogP contribution in [0.2, 0.25) is 0 Å². The maximum atomic E-state index is 11.8. The lowest BCUT2D eigenvalue weighted by Crippen LogP contribution is -2.38. The molecule has 1 amide bonds. The molecule has 0 aliphatic carbocycles. The van der Waals surface area contributed by atoms with Gasteiger partial charge in [0, 0.05) is 30.8 Å². The highest BCUT2D eigenvalue weighted by molar-refractivity contribution is 7.99. The number of nitrogens with zero attached hydrogens (tertiary/aromatic N) is 4. The molecule has 0 radical (unpaired) electrons. The van der Waals surface area contributed by atoms with Gasteiger partial charge in [-0.15, -0.1) is 5.10 Å². The second-order valence-electron chi connectivity index (χ2n) is 10.3. The van der Waals surface area contributed by atoms with Gasteiger partial charge in [0.05, 0.1) is 18.8 Å². The number of thioether (sulfide) groups is 1. The number of ether oxygens (including phenoxy) is 3. The molecule has 5 rings (SSSR count). The Kier molecular flexibility index (Phi) is 10.2. The Morgan fingerprint density at radius 2 is 1.84 bits per heavy atom. The quantitative estimate of drug-likeness (QED) is 0.173. The molecule has 4 aromatic rings. The summed E-state index contributed by atoms with van der Waals surface area (Å²) < 4.78 is 19.8. The number of carbonyl (C=O) groups is 1. The van der Waals surface area contributed by atoms with E-state index >= 15 is 0 Å². The van der Waals surface area contributed by atoms with Gasteiger partial charge in [-0.2, -0.15) is 0 Å². The molecule has 1 saturated heterocycles. The number of amides is 1. The van der Waals surface area contributed by atoms with Crippen LogP contribution in [0.5, 0.6) is 0 Å². The van der Waals surface area contributed by atoms with Crippen LogP contribution in [0.15, 0.2) is 90.6 Å². The Balaban J connectivity index is 1.32. The summed E-state index contributed by atoms with van der Waals surface area (Å²) in [6, 6.07) is 24.0. The van der Waals surface area contributed by atoms with E-state index in [9.17, 15) is 9.90 Å². The number of rotatable bonds is 11. The largest absolute Gasteiger partial charge is 0.445 e. The Hall–Kier alpha value is -4.03. The molecule has 0 bridgehead atoms. The van der Waals surface area contributed by atoms with Gasteiger partial charge in [-0.05, 0) is 44.3 Å². The summed E-state index contributed by atoms with van der Waals surface area (Å²) in [6.07, 6.45) is 0.124. The number of aliphatic hydroxyl groups is 1. The zero-order valence-corrected chi connectivity index (χ0v) is 24.9. The minimum Gasteiger partial charge on any atom is -0.445 e. The number of carbonyl (C=O) groups excluding carboxylic acids is 1. The van der Waals surface area contributed by atoms with E-state index in [1.54, 1.807) is 16.4 Å². The summed E-state index contributed by atoms with van der Waals surface area (Å²) in [4.78, 5) is 11.8. The first kappa shape index (κ1) is 30.4. The van der Waals surface area contributed by atoms with Crippen LogP contribution in [0.1, 0.15) is 41.6 Å². The van der Waals surface area contributed by atoms with E-state index in [4.69, 9.17) is 14.2 Å². The Morgan fingerprint density at radius 1 is 1.07 bits per heavy atom. The monoisotopic (exact) mass is 601 g/mol. The molecule has 4 unspecified atom stereocenters. The molecule has 2 N–H and O–H groups in total. The number of alkyl carbamates (subject to hydrolysis) is 1. The first-order valence-electron chi connectivity index (χ1n) is 14.0. The van der Waals surface area contributed by atoms with Crippen LogP contribution < -0.4 is 5.32 Å². The molecule has 1 aromatic heterocycles. The van der Waals surface area contributed by atoms with Gasteiger partial charge in [-0.25, -0.2) is 9.48 Å². The molecule has 224 valence electrons. The molecule has 1 fully saturated rings. The highest BCUT2D eigenvalue weighted by atomic mass is 32.2. The van der Waals surface area contributed by atoms with E-state index in [2.05, 4.69) is 34.3 Å². The van der Waals surface area contributed by atoms with E-state index in [1.165, 1.54) is 6.08 Å². The van der Waals surface area contributed by atoms with Gasteiger partial charge in [0.15, 0.2) is 6.29 Å². The number of benzene rings is 3. The molecular formula is C32H35N5O5S. The van der Waals surface area contributed by atoms with Gasteiger partial charge in [0.1, 0.15) is 6.61 Å². The predicted molar refractivity (Wildman–Crippen MR) is 163 cm³/mol. The lowest BCUT2D eigenvalue weighted by atomic mass is 9.91. The second kappa shape index (κ2) is 14.4. The molecule has 0 spiro atoms. The number of nitrogens with one attached hydrogen (secondary N) is 1. The number of tetrazole rings is 1. The molecule has 11 heteroatoms. The van der Waals surface area contributed by atoms with Gasteiger partial charge in [0.25, 0.3) is 0 Å². The second-order valence-corrected chi connectivity index (χ2v) is 11.3. The summed E-state index contributed by atoms with van der Waals surface area (Å²) in [7, 11) is 1.82. The number of aliphatic hydroxyl groups excluding tert-OH is 1. The Morgan fingerprint density at radius 3 is 2.53 bits per heavy atom. The van der Waals surface area contributed by atoms with Crippen LogP contribution in [0.3, 0.4) is 0 Å². The first-order valence-corrected chi connectivity index (χ1v) is 15.0. The minimum atomic E-state index is -0.576. The van der Waals surface area contributed by atoms with Gasteiger partial charge in [-0.1, -0.05) is 98.1 Å². The summed E-state index contributed by atoms with van der Waals surface area (Å²) in [5.74, 6) is 0.704. The molecule has 43 heavy (non-hydrogen) atoms. The maximum absolute atomic E-state index is 11.8. The average molecular weight is 602 g/mol. The summed E-state index contributed by atoms with van der Waals surface area (Å²) in [5.41, 5.74) is 5.80. The number of hydrogen-bond acceptors (Lipinski definition) is 9. The van der Waals surface area contributed by atoms with Crippen LogP contribution in [0, 0.1) is 5.92 Å². The van der Waals surface area contributed by atoms with E-state index in [-0.39, 0.29) is 31.3 Å². The number of aryl methyl sites for hydroxylation is 1. The minimum absolute atomic E-state index is 0.00780. The molecule has 0 saturated carbocycles. The maximum Gasteiger partial charge on any atom is 0.407 e.